The predicted molar refractivity (Wildman–Crippen MR) is 79.9 cm³/mol. The van der Waals surface area contributed by atoms with Gasteiger partial charge in [-0.3, -0.25) is 9.79 Å². The topological polar surface area (TPSA) is 55.4 Å². The molecule has 1 aliphatic heterocycles. The van der Waals surface area contributed by atoms with Gasteiger partial charge < -0.3 is 5.73 Å². The van der Waals surface area contributed by atoms with Crippen molar-refractivity contribution in [2.75, 3.05) is 0 Å². The number of carbonyl (C=O) groups excluding carboxylic acids is 1. The van der Waals surface area contributed by atoms with Gasteiger partial charge in [-0.1, -0.05) is 54.1 Å². The third-order valence-electron chi connectivity index (χ3n) is 3.56. The molecule has 1 aliphatic rings. The number of rotatable bonds is 1. The molecule has 2 aromatic carbocycles. The van der Waals surface area contributed by atoms with Crippen molar-refractivity contribution in [1.29, 1.82) is 0 Å². The van der Waals surface area contributed by atoms with Gasteiger partial charge >= 0.3 is 0 Å². The van der Waals surface area contributed by atoms with Crippen molar-refractivity contribution >= 4 is 11.5 Å². The fourth-order valence-corrected chi connectivity index (χ4v) is 2.42. The monoisotopic (exact) mass is 264 g/mol. The number of aliphatic imine (C=N–C) groups is 1. The van der Waals surface area contributed by atoms with Crippen LogP contribution < -0.4 is 5.73 Å². The summed E-state index contributed by atoms with van der Waals surface area (Å²) in [5.41, 5.74) is 10.9. The maximum atomic E-state index is 12.0. The lowest BCUT2D eigenvalue weighted by Crippen LogP contribution is -2.29. The average Bonchev–Trinajstić information content (AvgIpc) is 2.58. The number of nitrogens with zero attached hydrogens (tertiary/aromatic N) is 1. The molecule has 1 heterocycles. The van der Waals surface area contributed by atoms with E-state index in [0.29, 0.717) is 6.42 Å². The average molecular weight is 264 g/mol. The minimum atomic E-state index is -0.779. The Labute approximate surface area is 118 Å². The van der Waals surface area contributed by atoms with Gasteiger partial charge in [-0.15, -0.1) is 0 Å². The summed E-state index contributed by atoms with van der Waals surface area (Å²) in [7, 11) is 0. The minimum absolute atomic E-state index is 0.0421. The van der Waals surface area contributed by atoms with Crippen LogP contribution in [0.25, 0.3) is 0 Å². The molecule has 20 heavy (non-hydrogen) atoms. The summed E-state index contributed by atoms with van der Waals surface area (Å²) >= 11 is 0. The van der Waals surface area contributed by atoms with Gasteiger partial charge in [0.25, 0.3) is 0 Å². The van der Waals surface area contributed by atoms with Crippen LogP contribution in [0.15, 0.2) is 53.5 Å². The van der Waals surface area contributed by atoms with Gasteiger partial charge in [-0.05, 0) is 12.5 Å². The molecule has 0 radical (unpaired) electrons. The molecule has 0 fully saturated rings. The third kappa shape index (κ3) is 2.28. The highest BCUT2D eigenvalue weighted by Gasteiger charge is 2.22. The zero-order valence-corrected chi connectivity index (χ0v) is 11.3. The predicted octanol–water partition coefficient (Wildman–Crippen LogP) is 2.24. The van der Waals surface area contributed by atoms with Gasteiger partial charge in [0.15, 0.2) is 11.9 Å². The van der Waals surface area contributed by atoms with Crippen molar-refractivity contribution in [1.82, 2.24) is 0 Å². The van der Waals surface area contributed by atoms with Crippen molar-refractivity contribution in [2.24, 2.45) is 10.7 Å². The Morgan fingerprint density at radius 3 is 2.55 bits per heavy atom. The molecular formula is C17H16N2O. The van der Waals surface area contributed by atoms with Gasteiger partial charge in [0.2, 0.25) is 0 Å². The second-order valence-corrected chi connectivity index (χ2v) is 5.09. The van der Waals surface area contributed by atoms with Crippen molar-refractivity contribution in [2.45, 2.75) is 19.5 Å². The first kappa shape index (κ1) is 12.8. The van der Waals surface area contributed by atoms with Crippen LogP contribution in [0.3, 0.4) is 0 Å². The first-order chi connectivity index (χ1) is 9.65. The van der Waals surface area contributed by atoms with Gasteiger partial charge in [0.05, 0.1) is 5.71 Å². The van der Waals surface area contributed by atoms with E-state index >= 15 is 0 Å². The standard InChI is InChI=1S/C17H16N2O/c1-11-6-8-12(9-7-11)16-14-5-3-2-4-13(14)10-15(20)17(18)19-16/h2-9,17H,10,18H2,1H3. The molecular weight excluding hydrogens is 248 g/mol. The molecule has 3 nitrogen and oxygen atoms in total. The third-order valence-corrected chi connectivity index (χ3v) is 3.56. The number of carbonyl (C=O) groups is 1. The number of ketones is 1. The fraction of sp³-hybridized carbons (Fsp3) is 0.176. The summed E-state index contributed by atoms with van der Waals surface area (Å²) in [5.74, 6) is -0.0421. The molecule has 0 bridgehead atoms. The lowest BCUT2D eigenvalue weighted by molar-refractivity contribution is -0.119. The lowest BCUT2D eigenvalue weighted by atomic mass is 9.95. The van der Waals surface area contributed by atoms with E-state index in [0.717, 1.165) is 22.4 Å². The van der Waals surface area contributed by atoms with E-state index in [1.807, 2.05) is 55.5 Å². The molecule has 0 saturated heterocycles. The van der Waals surface area contributed by atoms with Crippen LogP contribution in [-0.2, 0) is 11.2 Å². The first-order valence-electron chi connectivity index (χ1n) is 6.66. The van der Waals surface area contributed by atoms with Gasteiger partial charge in [-0.25, -0.2) is 0 Å². The summed E-state index contributed by atoms with van der Waals surface area (Å²) in [4.78, 5) is 16.4. The summed E-state index contributed by atoms with van der Waals surface area (Å²) in [6.07, 6.45) is -0.436. The first-order valence-corrected chi connectivity index (χ1v) is 6.66. The highest BCUT2D eigenvalue weighted by atomic mass is 16.1. The van der Waals surface area contributed by atoms with Crippen LogP contribution in [0.1, 0.15) is 22.3 Å². The smallest absolute Gasteiger partial charge is 0.175 e. The van der Waals surface area contributed by atoms with Crippen LogP contribution >= 0.6 is 0 Å². The number of fused-ring (bicyclic) bond motifs is 1. The molecule has 100 valence electrons. The van der Waals surface area contributed by atoms with Crippen molar-refractivity contribution < 1.29 is 4.79 Å². The van der Waals surface area contributed by atoms with E-state index in [-0.39, 0.29) is 5.78 Å². The Balaban J connectivity index is 2.18. The molecule has 0 aliphatic carbocycles. The highest BCUT2D eigenvalue weighted by Crippen LogP contribution is 2.20. The highest BCUT2D eigenvalue weighted by molar-refractivity contribution is 6.16. The quantitative estimate of drug-likeness (QED) is 0.858. The number of nitrogens with two attached hydrogens (primary N) is 1. The summed E-state index contributed by atoms with van der Waals surface area (Å²) in [6, 6.07) is 16.0. The summed E-state index contributed by atoms with van der Waals surface area (Å²) in [5, 5.41) is 0. The van der Waals surface area contributed by atoms with Gasteiger partial charge in [0.1, 0.15) is 0 Å². The van der Waals surface area contributed by atoms with Gasteiger partial charge in [0, 0.05) is 17.5 Å². The van der Waals surface area contributed by atoms with Crippen molar-refractivity contribution in [3.05, 3.63) is 70.8 Å². The van der Waals surface area contributed by atoms with Crippen LogP contribution in [0, 0.1) is 6.92 Å². The van der Waals surface area contributed by atoms with Crippen LogP contribution in [0.4, 0.5) is 0 Å². The number of Topliss-reactive ketones (excluding diaryl/α,β-unsaturated/α-hetero) is 1. The molecule has 1 atom stereocenters. The Bertz CT molecular complexity index is 686. The summed E-state index contributed by atoms with van der Waals surface area (Å²) in [6.45, 7) is 2.04. The molecule has 3 heteroatoms. The van der Waals surface area contributed by atoms with E-state index < -0.39 is 6.17 Å². The molecule has 0 aromatic heterocycles. The zero-order valence-electron chi connectivity index (χ0n) is 11.3. The maximum absolute atomic E-state index is 12.0. The van der Waals surface area contributed by atoms with Crippen LogP contribution in [0.5, 0.6) is 0 Å². The number of hydrogen-bond donors (Lipinski definition) is 1. The largest absolute Gasteiger partial charge is 0.303 e. The van der Waals surface area contributed by atoms with E-state index in [1.54, 1.807) is 0 Å². The Morgan fingerprint density at radius 1 is 1.10 bits per heavy atom. The molecule has 0 saturated carbocycles. The van der Waals surface area contributed by atoms with Crippen LogP contribution in [-0.4, -0.2) is 17.7 Å². The molecule has 0 amide bonds. The van der Waals surface area contributed by atoms with E-state index in [1.165, 1.54) is 5.56 Å². The number of hydrogen-bond acceptors (Lipinski definition) is 3. The molecule has 2 aromatic rings. The SMILES string of the molecule is Cc1ccc(C2=NC(N)C(=O)Cc3ccccc32)cc1. The van der Waals surface area contributed by atoms with E-state index in [4.69, 9.17) is 5.73 Å². The molecule has 0 spiro atoms. The van der Waals surface area contributed by atoms with Gasteiger partial charge in [-0.2, -0.15) is 0 Å². The molecule has 3 rings (SSSR count). The normalized spacial score (nSPS) is 18.2. The van der Waals surface area contributed by atoms with Crippen molar-refractivity contribution in [3.8, 4) is 0 Å². The Hall–Kier alpha value is -2.26. The van der Waals surface area contributed by atoms with E-state index in [9.17, 15) is 4.79 Å². The second-order valence-electron chi connectivity index (χ2n) is 5.09. The number of benzene rings is 2. The molecule has 2 N–H and O–H groups in total. The lowest BCUT2D eigenvalue weighted by Gasteiger charge is -2.09. The summed E-state index contributed by atoms with van der Waals surface area (Å²) < 4.78 is 0. The van der Waals surface area contributed by atoms with Crippen LogP contribution in [0.2, 0.25) is 0 Å². The van der Waals surface area contributed by atoms with Crippen molar-refractivity contribution in [3.63, 3.8) is 0 Å². The van der Waals surface area contributed by atoms with E-state index in [2.05, 4.69) is 4.99 Å². The zero-order chi connectivity index (χ0) is 14.1. The maximum Gasteiger partial charge on any atom is 0.175 e. The molecule has 1 unspecified atom stereocenters. The second kappa shape index (κ2) is 5.02. The minimum Gasteiger partial charge on any atom is -0.303 e. The number of aryl methyl sites for hydroxylation is 1. The Kier molecular flexibility index (Phi) is 3.20. The fourth-order valence-electron chi connectivity index (χ4n) is 2.42. The Morgan fingerprint density at radius 2 is 1.80 bits per heavy atom.